The molecule has 2 unspecified atom stereocenters. The van der Waals surface area contributed by atoms with E-state index in [0.29, 0.717) is 13.0 Å². The van der Waals surface area contributed by atoms with Crippen LogP contribution in [0.1, 0.15) is 31.4 Å². The van der Waals surface area contributed by atoms with Crippen molar-refractivity contribution in [1.82, 2.24) is 4.90 Å². The van der Waals surface area contributed by atoms with E-state index in [0.717, 1.165) is 29.9 Å². The zero-order valence-electron chi connectivity index (χ0n) is 20.7. The number of halogens is 1. The average molecular weight is 498 g/mol. The first-order valence-corrected chi connectivity index (χ1v) is 12.9. The van der Waals surface area contributed by atoms with Crippen molar-refractivity contribution in [3.63, 3.8) is 0 Å². The fourth-order valence-corrected chi connectivity index (χ4v) is 4.04. The van der Waals surface area contributed by atoms with E-state index < -0.39 is 26.9 Å². The quantitative estimate of drug-likeness (QED) is 0.219. The van der Waals surface area contributed by atoms with Crippen LogP contribution in [0.3, 0.4) is 0 Å². The number of hydrogen-bond donors (Lipinski definition) is 0. The normalized spacial score (nSPS) is 15.0. The van der Waals surface area contributed by atoms with Crippen LogP contribution in [0.25, 0.3) is 0 Å². The molecule has 190 valence electrons. The number of para-hydroxylation sites is 1. The van der Waals surface area contributed by atoms with Gasteiger partial charge in [0.15, 0.2) is 6.79 Å². The Hall–Kier alpha value is -1.96. The molecule has 0 saturated heterocycles. The first kappa shape index (κ1) is 28.3. The predicted molar refractivity (Wildman–Crippen MR) is 131 cm³/mol. The molecule has 0 heterocycles. The van der Waals surface area contributed by atoms with E-state index in [1.807, 2.05) is 61.5 Å². The van der Waals surface area contributed by atoms with Crippen LogP contribution in [0.4, 0.5) is 4.20 Å². The van der Waals surface area contributed by atoms with Crippen LogP contribution >= 0.6 is 7.91 Å². The summed E-state index contributed by atoms with van der Waals surface area (Å²) < 4.78 is 52.4. The smallest absolute Gasteiger partial charge is 0.497 e. The minimum Gasteiger partial charge on any atom is -0.497 e. The van der Waals surface area contributed by atoms with Gasteiger partial charge in [0.25, 0.3) is 0 Å². The molecular weight excluding hydrogens is 460 g/mol. The molecule has 7 nitrogen and oxygen atoms in total. The standard InChI is InChI=1S/C25H37FNO6P/c1-6-20(2)33-34(26,28)32-19-31-24(17-27(3)4)18-30-25-13-8-7-11-22(25)15-14-21-10-9-12-23(16-21)29-5/h7-13,16,20,24H,6,14-15,17-19H2,1-5H3/t20?,24-,34?/m1/s1. The molecule has 0 saturated carbocycles. The van der Waals surface area contributed by atoms with Gasteiger partial charge in [0.05, 0.1) is 13.2 Å². The Bertz CT molecular complexity index is 912. The lowest BCUT2D eigenvalue weighted by Crippen LogP contribution is -2.34. The van der Waals surface area contributed by atoms with E-state index >= 15 is 0 Å². The van der Waals surface area contributed by atoms with Crippen LogP contribution in [0.15, 0.2) is 48.5 Å². The van der Waals surface area contributed by atoms with Gasteiger partial charge in [0.1, 0.15) is 24.2 Å². The van der Waals surface area contributed by atoms with Crippen molar-refractivity contribution >= 4 is 7.91 Å². The summed E-state index contributed by atoms with van der Waals surface area (Å²) in [5, 5.41) is 0. The lowest BCUT2D eigenvalue weighted by atomic mass is 10.0. The molecule has 3 atom stereocenters. The highest BCUT2D eigenvalue weighted by molar-refractivity contribution is 7.48. The zero-order chi connectivity index (χ0) is 25.0. The minimum absolute atomic E-state index is 0.223. The first-order valence-electron chi connectivity index (χ1n) is 11.4. The summed E-state index contributed by atoms with van der Waals surface area (Å²) >= 11 is 0. The third kappa shape index (κ3) is 10.5. The molecule has 0 N–H and O–H groups in total. The molecule has 0 aromatic heterocycles. The van der Waals surface area contributed by atoms with Gasteiger partial charge in [-0.15, -0.1) is 4.20 Å². The molecule has 0 aliphatic carbocycles. The maximum atomic E-state index is 14.0. The van der Waals surface area contributed by atoms with Gasteiger partial charge in [-0.1, -0.05) is 37.3 Å². The van der Waals surface area contributed by atoms with Crippen molar-refractivity contribution in [1.29, 1.82) is 0 Å². The summed E-state index contributed by atoms with van der Waals surface area (Å²) in [5.74, 6) is 1.59. The Labute approximate surface area is 202 Å². The van der Waals surface area contributed by atoms with E-state index in [-0.39, 0.29) is 6.61 Å². The van der Waals surface area contributed by atoms with Crippen molar-refractivity contribution in [3.8, 4) is 11.5 Å². The molecule has 2 rings (SSSR count). The summed E-state index contributed by atoms with van der Waals surface area (Å²) in [6, 6.07) is 15.8. The van der Waals surface area contributed by atoms with Gasteiger partial charge in [0, 0.05) is 6.54 Å². The van der Waals surface area contributed by atoms with Crippen molar-refractivity contribution in [2.45, 2.75) is 45.3 Å². The number of benzene rings is 2. The summed E-state index contributed by atoms with van der Waals surface area (Å²) in [6.07, 6.45) is 1.22. The number of nitrogens with zero attached hydrogens (tertiary/aromatic N) is 1. The van der Waals surface area contributed by atoms with Crippen LogP contribution in [0.2, 0.25) is 0 Å². The summed E-state index contributed by atoms with van der Waals surface area (Å²) in [6.45, 7) is 3.67. The molecule has 0 bridgehead atoms. The fraction of sp³-hybridized carbons (Fsp3) is 0.520. The number of rotatable bonds is 16. The van der Waals surface area contributed by atoms with Crippen LogP contribution < -0.4 is 9.47 Å². The molecule has 9 heteroatoms. The number of hydrogen-bond acceptors (Lipinski definition) is 7. The Morgan fingerprint density at radius 3 is 2.56 bits per heavy atom. The maximum Gasteiger partial charge on any atom is 0.515 e. The van der Waals surface area contributed by atoms with Crippen molar-refractivity contribution in [2.75, 3.05) is 41.1 Å². The van der Waals surface area contributed by atoms with E-state index in [1.165, 1.54) is 5.56 Å². The van der Waals surface area contributed by atoms with Crippen LogP contribution in [0, 0.1) is 0 Å². The van der Waals surface area contributed by atoms with Crippen LogP contribution in [-0.4, -0.2) is 58.3 Å². The SMILES string of the molecule is CCC(C)OP(=O)(F)OCO[C@@H](COc1ccccc1CCc1cccc(OC)c1)CN(C)C. The third-order valence-corrected chi connectivity index (χ3v) is 6.20. The highest BCUT2D eigenvalue weighted by atomic mass is 31.2. The predicted octanol–water partition coefficient (Wildman–Crippen LogP) is 5.67. The molecule has 0 amide bonds. The van der Waals surface area contributed by atoms with Gasteiger partial charge in [-0.3, -0.25) is 9.05 Å². The lowest BCUT2D eigenvalue weighted by molar-refractivity contribution is -0.0703. The molecule has 0 aliphatic rings. The van der Waals surface area contributed by atoms with Crippen molar-refractivity contribution in [2.24, 2.45) is 0 Å². The third-order valence-electron chi connectivity index (χ3n) is 5.17. The minimum atomic E-state index is -4.67. The lowest BCUT2D eigenvalue weighted by Gasteiger charge is -2.23. The van der Waals surface area contributed by atoms with E-state index in [1.54, 1.807) is 21.0 Å². The van der Waals surface area contributed by atoms with E-state index in [2.05, 4.69) is 6.07 Å². The summed E-state index contributed by atoms with van der Waals surface area (Å²) in [4.78, 5) is 1.92. The van der Waals surface area contributed by atoms with E-state index in [9.17, 15) is 8.76 Å². The Balaban J connectivity index is 1.93. The fourth-order valence-electron chi connectivity index (χ4n) is 3.21. The highest BCUT2D eigenvalue weighted by Crippen LogP contribution is 2.51. The average Bonchev–Trinajstić information content (AvgIpc) is 2.81. The number of methoxy groups -OCH3 is 1. The molecule has 2 aromatic rings. The highest BCUT2D eigenvalue weighted by Gasteiger charge is 2.27. The Kier molecular flexibility index (Phi) is 12.0. The number of ether oxygens (including phenoxy) is 3. The Morgan fingerprint density at radius 1 is 1.09 bits per heavy atom. The van der Waals surface area contributed by atoms with Crippen LogP contribution in [0.5, 0.6) is 11.5 Å². The molecule has 0 fully saturated rings. The van der Waals surface area contributed by atoms with E-state index in [4.69, 9.17) is 23.3 Å². The molecular formula is C25H37FNO6P. The zero-order valence-corrected chi connectivity index (χ0v) is 21.6. The largest absolute Gasteiger partial charge is 0.515 e. The summed E-state index contributed by atoms with van der Waals surface area (Å²) in [7, 11) is 0.773. The van der Waals surface area contributed by atoms with Crippen LogP contribution in [-0.2, 0) is 31.2 Å². The van der Waals surface area contributed by atoms with Gasteiger partial charge in [0.2, 0.25) is 0 Å². The van der Waals surface area contributed by atoms with Gasteiger partial charge < -0.3 is 19.1 Å². The Morgan fingerprint density at radius 2 is 1.85 bits per heavy atom. The number of aryl methyl sites for hydroxylation is 2. The second kappa shape index (κ2) is 14.4. The molecule has 0 aliphatic heterocycles. The summed E-state index contributed by atoms with van der Waals surface area (Å²) in [5.41, 5.74) is 2.25. The van der Waals surface area contributed by atoms with Gasteiger partial charge in [-0.25, -0.2) is 4.57 Å². The molecule has 0 spiro atoms. The topological polar surface area (TPSA) is 66.5 Å². The molecule has 34 heavy (non-hydrogen) atoms. The van der Waals surface area contributed by atoms with Gasteiger partial charge in [-0.05, 0) is 69.6 Å². The molecule has 2 aromatic carbocycles. The van der Waals surface area contributed by atoms with Gasteiger partial charge in [-0.2, -0.15) is 0 Å². The van der Waals surface area contributed by atoms with Crippen molar-refractivity contribution in [3.05, 3.63) is 59.7 Å². The maximum absolute atomic E-state index is 14.0. The first-order chi connectivity index (χ1) is 16.2. The van der Waals surface area contributed by atoms with Crippen molar-refractivity contribution < 1.29 is 32.0 Å². The monoisotopic (exact) mass is 497 g/mol. The van der Waals surface area contributed by atoms with Gasteiger partial charge >= 0.3 is 7.91 Å². The second-order valence-corrected chi connectivity index (χ2v) is 9.65. The second-order valence-electron chi connectivity index (χ2n) is 8.32. The number of likely N-dealkylation sites (N-methyl/N-ethyl adjacent to an activating group) is 1. The molecule has 0 radical (unpaired) electrons.